The predicted octanol–water partition coefficient (Wildman–Crippen LogP) is 8.40. The number of fused-ring (bicyclic) bond motifs is 9. The van der Waals surface area contributed by atoms with E-state index in [1.807, 2.05) is 18.2 Å². The van der Waals surface area contributed by atoms with Crippen LogP contribution in [0.25, 0.3) is 0 Å². The van der Waals surface area contributed by atoms with Crippen molar-refractivity contribution in [3.8, 4) is 5.75 Å². The first-order chi connectivity index (χ1) is 17.5. The molecule has 4 bridgehead atoms. The van der Waals surface area contributed by atoms with Crippen LogP contribution in [0.4, 0.5) is 4.39 Å². The zero-order valence-corrected chi connectivity index (χ0v) is 22.1. The Hall–Kier alpha value is -2.26. The van der Waals surface area contributed by atoms with Gasteiger partial charge < -0.3 is 4.74 Å². The van der Waals surface area contributed by atoms with E-state index in [0.29, 0.717) is 11.7 Å². The third-order valence-electron chi connectivity index (χ3n) is 10.1. The van der Waals surface area contributed by atoms with Crippen molar-refractivity contribution in [2.45, 2.75) is 66.2 Å². The lowest BCUT2D eigenvalue weighted by molar-refractivity contribution is -0.0236. The molecule has 0 amide bonds. The topological polar surface area (TPSA) is 9.23 Å². The molecule has 7 atom stereocenters. The van der Waals surface area contributed by atoms with Gasteiger partial charge in [0.1, 0.15) is 5.60 Å². The third-order valence-corrected chi connectivity index (χ3v) is 12.3. The number of rotatable bonds is 6. The highest BCUT2D eigenvalue weighted by atomic mass is 32.2. The van der Waals surface area contributed by atoms with E-state index in [-0.39, 0.29) is 22.3 Å². The molecule has 36 heavy (non-hydrogen) atoms. The molecule has 0 aromatic heterocycles. The Balaban J connectivity index is 1.15. The number of ether oxygens (including phenoxy) is 1. The largest absolute Gasteiger partial charge is 0.484 e. The minimum atomic E-state index is -0.359. The molecule has 0 heterocycles. The molecule has 1 nitrogen and oxygen atoms in total. The molecule has 3 aromatic rings. The van der Waals surface area contributed by atoms with Crippen molar-refractivity contribution in [1.29, 1.82) is 0 Å². The van der Waals surface area contributed by atoms with Crippen LogP contribution in [0.15, 0.2) is 93.5 Å². The fourth-order valence-electron chi connectivity index (χ4n) is 8.94. The molecule has 3 heteroatoms. The van der Waals surface area contributed by atoms with Crippen LogP contribution in [0.3, 0.4) is 0 Å². The Kier molecular flexibility index (Phi) is 5.50. The van der Waals surface area contributed by atoms with E-state index in [4.69, 9.17) is 4.74 Å². The summed E-state index contributed by atoms with van der Waals surface area (Å²) >= 11 is 0. The summed E-state index contributed by atoms with van der Waals surface area (Å²) in [5.41, 5.74) is -0.352. The van der Waals surface area contributed by atoms with Crippen molar-refractivity contribution in [3.63, 3.8) is 0 Å². The van der Waals surface area contributed by atoms with E-state index in [2.05, 4.69) is 68.4 Å². The second-order valence-electron chi connectivity index (χ2n) is 12.2. The molecule has 7 rings (SSSR count). The number of hydrogen-bond acceptors (Lipinski definition) is 1. The molecule has 0 aliphatic heterocycles. The number of benzene rings is 3. The fourth-order valence-corrected chi connectivity index (χ4v) is 11.0. The van der Waals surface area contributed by atoms with Crippen LogP contribution in [0.2, 0.25) is 0 Å². The summed E-state index contributed by atoms with van der Waals surface area (Å²) < 4.78 is 22.2. The molecule has 0 radical (unpaired) electrons. The highest BCUT2D eigenvalue weighted by molar-refractivity contribution is 7.97. The summed E-state index contributed by atoms with van der Waals surface area (Å²) in [7, 11) is -0.359. The minimum Gasteiger partial charge on any atom is -0.484 e. The Labute approximate surface area is 217 Å². The van der Waals surface area contributed by atoms with Gasteiger partial charge in [-0.05, 0) is 118 Å². The van der Waals surface area contributed by atoms with Gasteiger partial charge in [-0.15, -0.1) is 0 Å². The second-order valence-corrected chi connectivity index (χ2v) is 14.2. The van der Waals surface area contributed by atoms with E-state index in [9.17, 15) is 0 Å². The summed E-state index contributed by atoms with van der Waals surface area (Å²) in [6, 6.07) is 26.5. The van der Waals surface area contributed by atoms with Crippen molar-refractivity contribution in [3.05, 3.63) is 84.7 Å². The van der Waals surface area contributed by atoms with Gasteiger partial charge in [0.05, 0.1) is 10.9 Å². The summed E-state index contributed by atoms with van der Waals surface area (Å²) in [5.74, 6) is 6.22. The average molecular weight is 500 g/mol. The van der Waals surface area contributed by atoms with Crippen LogP contribution in [0.1, 0.15) is 46.0 Å². The Bertz CT molecular complexity index is 1200. The molecule has 0 saturated heterocycles. The second kappa shape index (κ2) is 8.65. The van der Waals surface area contributed by atoms with E-state index in [1.54, 1.807) is 6.07 Å². The van der Waals surface area contributed by atoms with Gasteiger partial charge in [0.2, 0.25) is 0 Å². The third kappa shape index (κ3) is 3.64. The number of hydrogen-bond donors (Lipinski definition) is 0. The van der Waals surface area contributed by atoms with Crippen LogP contribution < -0.4 is 4.74 Å². The van der Waals surface area contributed by atoms with Crippen LogP contribution in [0, 0.1) is 47.2 Å². The lowest BCUT2D eigenvalue weighted by atomic mass is 9.64. The molecule has 3 aromatic carbocycles. The van der Waals surface area contributed by atoms with Crippen molar-refractivity contribution < 1.29 is 9.13 Å². The van der Waals surface area contributed by atoms with Gasteiger partial charge in [-0.2, -0.15) is 0 Å². The Morgan fingerprint density at radius 2 is 1.36 bits per heavy atom. The number of halogens is 1. The van der Waals surface area contributed by atoms with E-state index in [1.165, 1.54) is 41.9 Å². The molecular formula is C33H36FOS+. The highest BCUT2D eigenvalue weighted by Gasteiger charge is 2.64. The summed E-state index contributed by atoms with van der Waals surface area (Å²) in [6.07, 6.45) is 7.07. The van der Waals surface area contributed by atoms with Gasteiger partial charge >= 0.3 is 0 Å². The maximum Gasteiger partial charge on any atom is 0.170 e. The molecule has 186 valence electrons. The maximum atomic E-state index is 15.7. The van der Waals surface area contributed by atoms with Crippen LogP contribution in [-0.2, 0) is 10.9 Å². The van der Waals surface area contributed by atoms with Gasteiger partial charge in [-0.25, -0.2) is 4.39 Å². The van der Waals surface area contributed by atoms with Crippen LogP contribution in [0.5, 0.6) is 5.75 Å². The normalized spacial score (nSPS) is 32.3. The van der Waals surface area contributed by atoms with Gasteiger partial charge in [-0.1, -0.05) is 36.4 Å². The molecule has 7 unspecified atom stereocenters. The van der Waals surface area contributed by atoms with Crippen molar-refractivity contribution in [2.75, 3.05) is 0 Å². The standard InChI is InChI=1S/C33H36FOS/c1-33(2,28-19-23-18-27(28)32-22-14-13-21(17-22)31(23)32)35-30-16-15-26(20-29(30)34)36(24-9-5-3-6-10-24)25-11-7-4-8-12-25/h3-12,15-16,20-23,27-28,31-32H,13-14,17-19H2,1-2H3/q+1. The first-order valence-corrected chi connectivity index (χ1v) is 15.0. The van der Waals surface area contributed by atoms with E-state index in [0.717, 1.165) is 40.4 Å². The average Bonchev–Trinajstić information content (AvgIpc) is 3.68. The van der Waals surface area contributed by atoms with E-state index >= 15 is 4.39 Å². The molecule has 0 spiro atoms. The zero-order valence-electron chi connectivity index (χ0n) is 21.3. The van der Waals surface area contributed by atoms with Gasteiger partial charge in [0, 0.05) is 12.0 Å². The monoisotopic (exact) mass is 499 g/mol. The Morgan fingerprint density at radius 3 is 2.00 bits per heavy atom. The van der Waals surface area contributed by atoms with Crippen LogP contribution in [-0.4, -0.2) is 5.60 Å². The fraction of sp³-hybridized carbons (Fsp3) is 0.455. The predicted molar refractivity (Wildman–Crippen MR) is 144 cm³/mol. The lowest BCUT2D eigenvalue weighted by Crippen LogP contribution is -2.45. The van der Waals surface area contributed by atoms with Gasteiger partial charge in [0.15, 0.2) is 26.3 Å². The summed E-state index contributed by atoms with van der Waals surface area (Å²) in [4.78, 5) is 3.37. The maximum absolute atomic E-state index is 15.7. The van der Waals surface area contributed by atoms with Gasteiger partial charge in [0.25, 0.3) is 0 Å². The van der Waals surface area contributed by atoms with Crippen LogP contribution >= 0.6 is 0 Å². The molecule has 4 aliphatic rings. The van der Waals surface area contributed by atoms with Crippen molar-refractivity contribution in [1.82, 2.24) is 0 Å². The minimum absolute atomic E-state index is 0.245. The zero-order chi connectivity index (χ0) is 24.4. The van der Waals surface area contributed by atoms with Crippen molar-refractivity contribution in [2.24, 2.45) is 41.4 Å². The van der Waals surface area contributed by atoms with Gasteiger partial charge in [-0.3, -0.25) is 0 Å². The highest BCUT2D eigenvalue weighted by Crippen LogP contribution is 2.70. The first kappa shape index (κ1) is 22.9. The molecule has 4 aliphatic carbocycles. The quantitative estimate of drug-likeness (QED) is 0.244. The smallest absolute Gasteiger partial charge is 0.170 e. The SMILES string of the molecule is CC(C)(Oc1ccc([S+](c2ccccc2)c2ccccc2)cc1F)C1CC2CC1C1C3CCC(C3)C21. The Morgan fingerprint density at radius 1 is 0.722 bits per heavy atom. The molecule has 0 N–H and O–H groups in total. The lowest BCUT2D eigenvalue weighted by Gasteiger charge is -2.44. The van der Waals surface area contributed by atoms with E-state index < -0.39 is 0 Å². The summed E-state index contributed by atoms with van der Waals surface area (Å²) in [6.45, 7) is 4.43. The summed E-state index contributed by atoms with van der Waals surface area (Å²) in [5, 5.41) is 0. The molecular weight excluding hydrogens is 463 g/mol. The first-order valence-electron chi connectivity index (χ1n) is 13.8. The molecule has 4 fully saturated rings. The molecule has 4 saturated carbocycles. The van der Waals surface area contributed by atoms with Crippen molar-refractivity contribution >= 4 is 10.9 Å².